The van der Waals surface area contributed by atoms with Crippen LogP contribution in [0.1, 0.15) is 30.0 Å². The van der Waals surface area contributed by atoms with Crippen LogP contribution in [0.4, 0.5) is 0 Å². The van der Waals surface area contributed by atoms with Crippen LogP contribution in [-0.4, -0.2) is 36.0 Å². The number of benzene rings is 3. The Bertz CT molecular complexity index is 1200. The summed E-state index contributed by atoms with van der Waals surface area (Å²) in [5.74, 6) is -0.803. The van der Waals surface area contributed by atoms with Gasteiger partial charge in [0.1, 0.15) is 5.41 Å². The van der Waals surface area contributed by atoms with E-state index < -0.39 is 23.1 Å². The number of fused-ring (bicyclic) bond motifs is 1. The molecule has 0 N–H and O–H groups in total. The first-order valence-corrected chi connectivity index (χ1v) is 12.5. The average molecular weight is 526 g/mol. The van der Waals surface area contributed by atoms with Crippen LogP contribution in [0.3, 0.4) is 0 Å². The minimum absolute atomic E-state index is 0.129. The van der Waals surface area contributed by atoms with E-state index in [1.54, 1.807) is 36.1 Å². The second-order valence-electron chi connectivity index (χ2n) is 9.13. The Morgan fingerprint density at radius 1 is 0.972 bits per heavy atom. The molecule has 36 heavy (non-hydrogen) atoms. The monoisotopic (exact) mass is 525 g/mol. The molecule has 6 nitrogen and oxygen atoms in total. The molecule has 0 spiro atoms. The first-order chi connectivity index (χ1) is 17.4. The minimum Gasteiger partial charge on any atom is -0.465 e. The number of rotatable bonds is 6. The van der Waals surface area contributed by atoms with Crippen molar-refractivity contribution in [1.29, 1.82) is 0 Å². The number of hydrogen-bond acceptors (Lipinski definition) is 5. The number of carbonyl (C=O) groups is 2. The molecule has 5 rings (SSSR count). The molecular formula is C28H25Cl2NO5. The number of nitrogens with zero attached hydrogens (tertiary/aromatic N) is 1. The van der Waals surface area contributed by atoms with Gasteiger partial charge in [-0.15, -0.1) is 0 Å². The van der Waals surface area contributed by atoms with Crippen molar-refractivity contribution in [3.8, 4) is 0 Å². The zero-order chi connectivity index (χ0) is 25.3. The summed E-state index contributed by atoms with van der Waals surface area (Å²) in [5.41, 5.74) is -0.0948. The van der Waals surface area contributed by atoms with Crippen molar-refractivity contribution in [2.75, 3.05) is 13.2 Å². The fourth-order valence-corrected chi connectivity index (χ4v) is 5.40. The molecule has 2 fully saturated rings. The average Bonchev–Trinajstić information content (AvgIpc) is 3.17. The van der Waals surface area contributed by atoms with Gasteiger partial charge >= 0.3 is 5.97 Å². The molecule has 2 aliphatic heterocycles. The first-order valence-electron chi connectivity index (χ1n) is 11.7. The Morgan fingerprint density at radius 2 is 1.56 bits per heavy atom. The van der Waals surface area contributed by atoms with Crippen LogP contribution in [0, 0.1) is 5.41 Å². The maximum atomic E-state index is 13.6. The standard InChI is InChI=1S/C28H25Cl2NO5/c1-2-34-26(33)27-17-28(20-8-12-22(29)13-9-20,21-10-14-23(30)15-11-21)36-35-24(27)25(32)31(18-27)16-19-6-4-3-5-7-19/h3-15,24H,2,16-18H2,1H3. The Kier molecular flexibility index (Phi) is 6.79. The third-order valence-electron chi connectivity index (χ3n) is 6.88. The van der Waals surface area contributed by atoms with Crippen molar-refractivity contribution >= 4 is 35.1 Å². The van der Waals surface area contributed by atoms with Crippen molar-refractivity contribution in [2.45, 2.75) is 31.6 Å². The van der Waals surface area contributed by atoms with Crippen LogP contribution in [0.15, 0.2) is 78.9 Å². The first kappa shape index (κ1) is 24.8. The molecule has 0 radical (unpaired) electrons. The van der Waals surface area contributed by atoms with Gasteiger partial charge in [0.15, 0.2) is 11.7 Å². The zero-order valence-electron chi connectivity index (χ0n) is 19.7. The number of amides is 1. The lowest BCUT2D eigenvalue weighted by atomic mass is 9.69. The van der Waals surface area contributed by atoms with E-state index in [0.717, 1.165) is 16.7 Å². The quantitative estimate of drug-likeness (QED) is 0.311. The summed E-state index contributed by atoms with van der Waals surface area (Å²) in [6, 6.07) is 24.0. The lowest BCUT2D eigenvalue weighted by molar-refractivity contribution is -0.413. The van der Waals surface area contributed by atoms with Crippen LogP contribution in [0.25, 0.3) is 0 Å². The van der Waals surface area contributed by atoms with Crippen molar-refractivity contribution in [3.63, 3.8) is 0 Å². The summed E-state index contributed by atoms with van der Waals surface area (Å²) in [6.07, 6.45) is -1.00. The van der Waals surface area contributed by atoms with E-state index in [9.17, 15) is 9.59 Å². The molecule has 2 unspecified atom stereocenters. The minimum atomic E-state index is -1.29. The lowest BCUT2D eigenvalue weighted by Crippen LogP contribution is -2.55. The molecule has 1 amide bonds. The van der Waals surface area contributed by atoms with Crippen LogP contribution in [-0.2, 0) is 36.2 Å². The second-order valence-corrected chi connectivity index (χ2v) is 10.0. The van der Waals surface area contributed by atoms with Gasteiger partial charge in [-0.05, 0) is 47.9 Å². The van der Waals surface area contributed by atoms with Gasteiger partial charge in [0.2, 0.25) is 0 Å². The fourth-order valence-electron chi connectivity index (χ4n) is 5.15. The largest absolute Gasteiger partial charge is 0.465 e. The Labute approximate surface area is 219 Å². The summed E-state index contributed by atoms with van der Waals surface area (Å²) in [6.45, 7) is 2.40. The van der Waals surface area contributed by atoms with E-state index >= 15 is 0 Å². The predicted molar refractivity (Wildman–Crippen MR) is 135 cm³/mol. The molecule has 2 saturated heterocycles. The molecule has 0 bridgehead atoms. The van der Waals surface area contributed by atoms with Crippen LogP contribution in [0.2, 0.25) is 10.0 Å². The van der Waals surface area contributed by atoms with Crippen LogP contribution < -0.4 is 0 Å². The molecule has 0 aliphatic carbocycles. The smallest absolute Gasteiger partial charge is 0.317 e. The Hall–Kier alpha value is -2.90. The topological polar surface area (TPSA) is 65.1 Å². The molecule has 0 saturated carbocycles. The van der Waals surface area contributed by atoms with E-state index in [-0.39, 0.29) is 25.5 Å². The fraction of sp³-hybridized carbons (Fsp3) is 0.286. The van der Waals surface area contributed by atoms with E-state index in [1.807, 2.05) is 54.6 Å². The van der Waals surface area contributed by atoms with Gasteiger partial charge in [0.05, 0.1) is 6.61 Å². The van der Waals surface area contributed by atoms with Gasteiger partial charge in [0, 0.05) is 29.6 Å². The zero-order valence-corrected chi connectivity index (χ0v) is 21.2. The molecule has 3 aromatic rings. The predicted octanol–water partition coefficient (Wildman–Crippen LogP) is 5.55. The van der Waals surface area contributed by atoms with E-state index in [2.05, 4.69) is 0 Å². The van der Waals surface area contributed by atoms with Crippen LogP contribution >= 0.6 is 23.2 Å². The molecule has 3 aromatic carbocycles. The third kappa shape index (κ3) is 4.28. The van der Waals surface area contributed by atoms with Crippen molar-refractivity contribution in [3.05, 3.63) is 106 Å². The number of esters is 1. The van der Waals surface area contributed by atoms with Gasteiger partial charge in [-0.3, -0.25) is 9.59 Å². The van der Waals surface area contributed by atoms with E-state index in [0.29, 0.717) is 16.6 Å². The van der Waals surface area contributed by atoms with Crippen LogP contribution in [0.5, 0.6) is 0 Å². The highest BCUT2D eigenvalue weighted by Crippen LogP contribution is 2.53. The highest BCUT2D eigenvalue weighted by Gasteiger charge is 2.66. The summed E-state index contributed by atoms with van der Waals surface area (Å²) in [4.78, 5) is 40.8. The molecular weight excluding hydrogens is 501 g/mol. The summed E-state index contributed by atoms with van der Waals surface area (Å²) in [5, 5.41) is 1.12. The third-order valence-corrected chi connectivity index (χ3v) is 7.39. The Morgan fingerprint density at radius 3 is 2.11 bits per heavy atom. The molecule has 2 heterocycles. The highest BCUT2D eigenvalue weighted by atomic mass is 35.5. The summed E-state index contributed by atoms with van der Waals surface area (Å²) in [7, 11) is 0. The summed E-state index contributed by atoms with van der Waals surface area (Å²) >= 11 is 12.3. The molecule has 2 atom stereocenters. The van der Waals surface area contributed by atoms with Crippen molar-refractivity contribution < 1.29 is 24.1 Å². The summed E-state index contributed by atoms with van der Waals surface area (Å²) < 4.78 is 5.54. The number of carbonyl (C=O) groups excluding carboxylic acids is 2. The second kappa shape index (κ2) is 9.87. The number of likely N-dealkylation sites (tertiary alicyclic amines) is 1. The molecule has 186 valence electrons. The highest BCUT2D eigenvalue weighted by molar-refractivity contribution is 6.30. The Balaban J connectivity index is 1.61. The lowest BCUT2D eigenvalue weighted by Gasteiger charge is -2.45. The molecule has 0 aromatic heterocycles. The maximum Gasteiger partial charge on any atom is 0.317 e. The molecule has 2 aliphatic rings. The number of hydrogen-bond donors (Lipinski definition) is 0. The number of halogens is 2. The maximum absolute atomic E-state index is 13.6. The normalized spacial score (nSPS) is 22.8. The van der Waals surface area contributed by atoms with Gasteiger partial charge in [-0.25, -0.2) is 9.78 Å². The molecule has 8 heteroatoms. The van der Waals surface area contributed by atoms with Gasteiger partial charge < -0.3 is 9.64 Å². The number of ether oxygens (including phenoxy) is 1. The van der Waals surface area contributed by atoms with Crippen molar-refractivity contribution in [2.24, 2.45) is 5.41 Å². The SMILES string of the molecule is CCOC(=O)C12CN(Cc3ccccc3)C(=O)C1OOC(c1ccc(Cl)cc1)(c1ccc(Cl)cc1)C2. The van der Waals surface area contributed by atoms with E-state index in [4.69, 9.17) is 37.7 Å². The van der Waals surface area contributed by atoms with E-state index in [1.165, 1.54) is 0 Å². The van der Waals surface area contributed by atoms with Gasteiger partial charge in [-0.2, -0.15) is 0 Å². The van der Waals surface area contributed by atoms with Gasteiger partial charge in [0.25, 0.3) is 5.91 Å². The van der Waals surface area contributed by atoms with Gasteiger partial charge in [-0.1, -0.05) is 77.8 Å². The van der Waals surface area contributed by atoms with Crippen molar-refractivity contribution in [1.82, 2.24) is 4.90 Å².